The second-order valence-corrected chi connectivity index (χ2v) is 9.44. The Morgan fingerprint density at radius 2 is 1.81 bits per heavy atom. The van der Waals surface area contributed by atoms with E-state index in [9.17, 15) is 22.8 Å². The van der Waals surface area contributed by atoms with Crippen molar-refractivity contribution in [1.29, 1.82) is 0 Å². The van der Waals surface area contributed by atoms with E-state index in [4.69, 9.17) is 14.9 Å². The SMILES string of the molecule is Cc1cc(C(=O)N2CCCCC2CCN2CCCC2=O)c2ccc(C)c(C)c2n1.O=C(O)C(F)(F)F. The van der Waals surface area contributed by atoms with E-state index in [0.29, 0.717) is 6.42 Å². The largest absolute Gasteiger partial charge is 0.490 e. The van der Waals surface area contributed by atoms with Gasteiger partial charge in [0.05, 0.1) is 11.1 Å². The van der Waals surface area contributed by atoms with Crippen LogP contribution in [0.15, 0.2) is 18.2 Å². The summed E-state index contributed by atoms with van der Waals surface area (Å²) in [6.45, 7) is 8.56. The molecule has 2 aliphatic heterocycles. The number of alkyl halides is 3. The molecule has 4 rings (SSSR count). The van der Waals surface area contributed by atoms with Gasteiger partial charge >= 0.3 is 12.1 Å². The maximum atomic E-state index is 13.7. The summed E-state index contributed by atoms with van der Waals surface area (Å²) >= 11 is 0. The Hall–Kier alpha value is -3.17. The molecule has 2 fully saturated rings. The number of pyridine rings is 1. The molecule has 1 N–H and O–H groups in total. The summed E-state index contributed by atoms with van der Waals surface area (Å²) < 4.78 is 31.7. The van der Waals surface area contributed by atoms with E-state index in [2.05, 4.69) is 24.8 Å². The van der Waals surface area contributed by atoms with Crippen molar-refractivity contribution in [2.75, 3.05) is 19.6 Å². The van der Waals surface area contributed by atoms with Gasteiger partial charge in [-0.2, -0.15) is 13.2 Å². The Balaban J connectivity index is 0.000000454. The summed E-state index contributed by atoms with van der Waals surface area (Å²) in [6, 6.07) is 6.27. The smallest absolute Gasteiger partial charge is 0.475 e. The van der Waals surface area contributed by atoms with Gasteiger partial charge in [0.2, 0.25) is 5.91 Å². The zero-order valence-corrected chi connectivity index (χ0v) is 20.8. The number of carboxylic acids is 1. The molecule has 1 unspecified atom stereocenters. The molecule has 2 aromatic rings. The Bertz CT molecular complexity index is 1150. The third-order valence-corrected chi connectivity index (χ3v) is 6.90. The summed E-state index contributed by atoms with van der Waals surface area (Å²) in [5.74, 6) is -2.38. The summed E-state index contributed by atoms with van der Waals surface area (Å²) in [6.07, 6.45) is 0.648. The summed E-state index contributed by atoms with van der Waals surface area (Å²) in [7, 11) is 0. The molecule has 3 heterocycles. The molecule has 36 heavy (non-hydrogen) atoms. The highest BCUT2D eigenvalue weighted by molar-refractivity contribution is 6.07. The highest BCUT2D eigenvalue weighted by Gasteiger charge is 2.38. The molecule has 0 radical (unpaired) electrons. The third-order valence-electron chi connectivity index (χ3n) is 6.90. The number of carbonyl (C=O) groups is 3. The van der Waals surface area contributed by atoms with Crippen molar-refractivity contribution in [1.82, 2.24) is 14.8 Å². The number of piperidine rings is 1. The molecule has 10 heteroatoms. The average Bonchev–Trinajstić information content (AvgIpc) is 3.24. The van der Waals surface area contributed by atoms with E-state index in [1.54, 1.807) is 0 Å². The Morgan fingerprint density at radius 3 is 2.42 bits per heavy atom. The molecule has 0 aliphatic carbocycles. The number of hydrogen-bond acceptors (Lipinski definition) is 4. The number of likely N-dealkylation sites (tertiary alicyclic amines) is 2. The standard InChI is InChI=1S/C24H31N3O2.C2HF3O2/c1-16-9-10-20-21(15-17(2)25-23(20)18(16)3)24(29)27-13-5-4-7-19(27)11-14-26-12-6-8-22(26)28;3-2(4,5)1(6)7/h9-10,15,19H,4-8,11-14H2,1-3H3;(H,6,7). The number of benzene rings is 1. The van der Waals surface area contributed by atoms with Crippen LogP contribution in [0.1, 0.15) is 65.7 Å². The number of nitrogens with zero attached hydrogens (tertiary/aromatic N) is 3. The van der Waals surface area contributed by atoms with Crippen molar-refractivity contribution in [3.05, 3.63) is 40.6 Å². The van der Waals surface area contributed by atoms with Crippen LogP contribution in [0.5, 0.6) is 0 Å². The number of halogens is 3. The number of hydrogen-bond donors (Lipinski definition) is 1. The van der Waals surface area contributed by atoms with Crippen LogP contribution in [-0.2, 0) is 9.59 Å². The van der Waals surface area contributed by atoms with E-state index in [1.807, 2.05) is 24.0 Å². The van der Waals surface area contributed by atoms with E-state index in [0.717, 1.165) is 79.5 Å². The fraction of sp³-hybridized carbons (Fsp3) is 0.538. The second kappa shape index (κ2) is 11.3. The lowest BCUT2D eigenvalue weighted by atomic mass is 9.96. The Kier molecular flexibility index (Phi) is 8.58. The lowest BCUT2D eigenvalue weighted by Crippen LogP contribution is -2.45. The number of carbonyl (C=O) groups excluding carboxylic acids is 2. The monoisotopic (exact) mass is 507 g/mol. The molecule has 0 spiro atoms. The normalized spacial score (nSPS) is 18.3. The number of carboxylic acid groups (broad SMARTS) is 1. The van der Waals surface area contributed by atoms with E-state index in [1.165, 1.54) is 5.56 Å². The first-order chi connectivity index (χ1) is 16.9. The molecule has 0 saturated carbocycles. The number of aryl methyl sites for hydroxylation is 3. The fourth-order valence-electron chi connectivity index (χ4n) is 4.80. The van der Waals surface area contributed by atoms with Crippen LogP contribution in [0.4, 0.5) is 13.2 Å². The number of aromatic nitrogens is 1. The van der Waals surface area contributed by atoms with E-state index in [-0.39, 0.29) is 17.9 Å². The lowest BCUT2D eigenvalue weighted by Gasteiger charge is -2.37. The molecular formula is C26H32F3N3O4. The molecule has 196 valence electrons. The number of fused-ring (bicyclic) bond motifs is 1. The average molecular weight is 508 g/mol. The van der Waals surface area contributed by atoms with Gasteiger partial charge in [0, 0.05) is 43.2 Å². The van der Waals surface area contributed by atoms with Crippen molar-refractivity contribution in [2.45, 2.75) is 71.5 Å². The van der Waals surface area contributed by atoms with Crippen LogP contribution >= 0.6 is 0 Å². The highest BCUT2D eigenvalue weighted by Crippen LogP contribution is 2.28. The van der Waals surface area contributed by atoms with Gasteiger partial charge < -0.3 is 14.9 Å². The van der Waals surface area contributed by atoms with Crippen LogP contribution in [0.25, 0.3) is 10.9 Å². The Labute approximate surface area is 208 Å². The van der Waals surface area contributed by atoms with E-state index >= 15 is 0 Å². The van der Waals surface area contributed by atoms with Gasteiger partial charge in [-0.1, -0.05) is 12.1 Å². The molecule has 2 aliphatic rings. The van der Waals surface area contributed by atoms with E-state index < -0.39 is 12.1 Å². The van der Waals surface area contributed by atoms with Crippen LogP contribution in [0, 0.1) is 20.8 Å². The summed E-state index contributed by atoms with van der Waals surface area (Å²) in [4.78, 5) is 43.3. The predicted octanol–water partition coefficient (Wildman–Crippen LogP) is 4.80. The maximum Gasteiger partial charge on any atom is 0.490 e. The van der Waals surface area contributed by atoms with Gasteiger partial charge in [0.1, 0.15) is 0 Å². The maximum absolute atomic E-state index is 13.7. The quantitative estimate of drug-likeness (QED) is 0.642. The van der Waals surface area contributed by atoms with Crippen molar-refractivity contribution in [2.24, 2.45) is 0 Å². The number of amides is 2. The van der Waals surface area contributed by atoms with Crippen molar-refractivity contribution >= 4 is 28.7 Å². The van der Waals surface area contributed by atoms with Crippen LogP contribution in [0.2, 0.25) is 0 Å². The molecule has 2 saturated heterocycles. The molecule has 1 aromatic heterocycles. The minimum atomic E-state index is -5.08. The van der Waals surface area contributed by atoms with Crippen LogP contribution in [-0.4, -0.2) is 69.5 Å². The highest BCUT2D eigenvalue weighted by atomic mass is 19.4. The van der Waals surface area contributed by atoms with Crippen molar-refractivity contribution in [3.8, 4) is 0 Å². The minimum Gasteiger partial charge on any atom is -0.475 e. The summed E-state index contributed by atoms with van der Waals surface area (Å²) in [5, 5.41) is 8.07. The van der Waals surface area contributed by atoms with Crippen LogP contribution in [0.3, 0.4) is 0 Å². The van der Waals surface area contributed by atoms with Gasteiger partial charge in [-0.15, -0.1) is 0 Å². The molecule has 0 bridgehead atoms. The third kappa shape index (κ3) is 6.33. The molecule has 1 aromatic carbocycles. The van der Waals surface area contributed by atoms with Crippen LogP contribution < -0.4 is 0 Å². The van der Waals surface area contributed by atoms with Gasteiger partial charge in [0.25, 0.3) is 5.91 Å². The van der Waals surface area contributed by atoms with Crippen molar-refractivity contribution in [3.63, 3.8) is 0 Å². The lowest BCUT2D eigenvalue weighted by molar-refractivity contribution is -0.192. The van der Waals surface area contributed by atoms with Gasteiger partial charge in [-0.25, -0.2) is 4.79 Å². The molecule has 1 atom stereocenters. The first kappa shape index (κ1) is 27.4. The zero-order chi connectivity index (χ0) is 26.6. The molecule has 7 nitrogen and oxygen atoms in total. The topological polar surface area (TPSA) is 90.8 Å². The predicted molar refractivity (Wildman–Crippen MR) is 129 cm³/mol. The van der Waals surface area contributed by atoms with Crippen molar-refractivity contribution < 1.29 is 32.7 Å². The number of rotatable bonds is 4. The number of aliphatic carboxylic acids is 1. The van der Waals surface area contributed by atoms with Gasteiger partial charge in [-0.05, 0) is 70.1 Å². The molecule has 2 amide bonds. The van der Waals surface area contributed by atoms with Gasteiger partial charge in [-0.3, -0.25) is 14.6 Å². The van der Waals surface area contributed by atoms with Gasteiger partial charge in [0.15, 0.2) is 0 Å². The fourth-order valence-corrected chi connectivity index (χ4v) is 4.80. The molecular weight excluding hydrogens is 475 g/mol. The first-order valence-corrected chi connectivity index (χ1v) is 12.2. The minimum absolute atomic E-state index is 0.112. The first-order valence-electron chi connectivity index (χ1n) is 12.2. The Morgan fingerprint density at radius 1 is 1.11 bits per heavy atom. The summed E-state index contributed by atoms with van der Waals surface area (Å²) in [5.41, 5.74) is 4.92. The zero-order valence-electron chi connectivity index (χ0n) is 20.8. The second-order valence-electron chi connectivity index (χ2n) is 9.44.